The number of methoxy groups -OCH3 is 1. The van der Waals surface area contributed by atoms with E-state index in [0.717, 1.165) is 17.1 Å². The first kappa shape index (κ1) is 25.5. The van der Waals surface area contributed by atoms with Crippen LogP contribution in [0.25, 0.3) is 0 Å². The van der Waals surface area contributed by atoms with Gasteiger partial charge in [-0.05, 0) is 48.3 Å². The Morgan fingerprint density at radius 3 is 2.49 bits per heavy atom. The molecule has 0 aliphatic rings. The second-order valence-corrected chi connectivity index (χ2v) is 8.84. The summed E-state index contributed by atoms with van der Waals surface area (Å²) < 4.78 is 15.1. The van der Waals surface area contributed by atoms with Gasteiger partial charge in [0, 0.05) is 18.3 Å². The Bertz CT molecular complexity index is 1430. The highest BCUT2D eigenvalue weighted by Crippen LogP contribution is 2.35. The number of nitrogens with two attached hydrogens (primary N) is 2. The molecule has 2 aromatic carbocycles. The van der Waals surface area contributed by atoms with Crippen LogP contribution >= 0.6 is 11.5 Å². The number of benzene rings is 2. The van der Waals surface area contributed by atoms with E-state index in [1.165, 1.54) is 12.0 Å². The highest BCUT2D eigenvalue weighted by atomic mass is 32.1. The largest absolute Gasteiger partial charge is 0.497 e. The molecule has 1 atom stereocenters. The molecule has 10 nitrogen and oxygen atoms in total. The van der Waals surface area contributed by atoms with Crippen molar-refractivity contribution in [2.45, 2.75) is 19.5 Å². The molecule has 0 saturated heterocycles. The zero-order valence-electron chi connectivity index (χ0n) is 20.1. The highest BCUT2D eigenvalue weighted by molar-refractivity contribution is 7.09. The molecule has 0 fully saturated rings. The Kier molecular flexibility index (Phi) is 7.54. The van der Waals surface area contributed by atoms with Crippen LogP contribution in [0, 0.1) is 6.92 Å². The van der Waals surface area contributed by atoms with Crippen molar-refractivity contribution in [2.75, 3.05) is 17.7 Å². The maximum atomic E-state index is 14.0. The molecule has 4 rings (SSSR count). The summed E-state index contributed by atoms with van der Waals surface area (Å²) in [5.74, 6) is -0.763. The third kappa shape index (κ3) is 5.46. The molecular formula is C26H25N5O5S. The maximum absolute atomic E-state index is 14.0. The SMILES string of the molecule is COc1cccc(N(C(=O)c2snc(C(N)=O)c2N)[C@@H](C(=O)NCc2ccccc2)c2ccc(C)o2)c1. The smallest absolute Gasteiger partial charge is 0.273 e. The molecule has 0 spiro atoms. The number of nitrogens with one attached hydrogen (secondary N) is 1. The number of nitrogen functional groups attached to an aromatic ring is 1. The zero-order chi connectivity index (χ0) is 26.5. The average Bonchev–Trinajstić information content (AvgIpc) is 3.51. The number of carbonyl (C=O) groups is 3. The number of hydrogen-bond acceptors (Lipinski definition) is 8. The Morgan fingerprint density at radius 1 is 1.11 bits per heavy atom. The number of ether oxygens (including phenoxy) is 1. The summed E-state index contributed by atoms with van der Waals surface area (Å²) in [4.78, 5) is 40.7. The first-order valence-electron chi connectivity index (χ1n) is 11.2. The lowest BCUT2D eigenvalue weighted by Gasteiger charge is -2.30. The molecular weight excluding hydrogens is 494 g/mol. The van der Waals surface area contributed by atoms with Gasteiger partial charge in [0.1, 0.15) is 22.1 Å². The minimum atomic E-state index is -1.23. The van der Waals surface area contributed by atoms with Gasteiger partial charge in [-0.15, -0.1) is 0 Å². The fraction of sp³-hybridized carbons (Fsp3) is 0.154. The van der Waals surface area contributed by atoms with Crippen LogP contribution in [0.15, 0.2) is 71.1 Å². The second kappa shape index (κ2) is 11.0. The molecule has 0 saturated carbocycles. The van der Waals surface area contributed by atoms with E-state index in [1.54, 1.807) is 43.3 Å². The predicted octanol–water partition coefficient (Wildman–Crippen LogP) is 3.44. The lowest BCUT2D eigenvalue weighted by atomic mass is 10.1. The molecule has 4 aromatic rings. The third-order valence-electron chi connectivity index (χ3n) is 5.55. The monoisotopic (exact) mass is 519 g/mol. The quantitative estimate of drug-likeness (QED) is 0.306. The minimum absolute atomic E-state index is 0.0410. The first-order valence-corrected chi connectivity index (χ1v) is 12.0. The number of aryl methyl sites for hydroxylation is 1. The molecule has 2 aromatic heterocycles. The number of nitrogens with zero attached hydrogens (tertiary/aromatic N) is 2. The zero-order valence-corrected chi connectivity index (χ0v) is 21.0. The summed E-state index contributed by atoms with van der Waals surface area (Å²) >= 11 is 0.725. The van der Waals surface area contributed by atoms with Crippen LogP contribution in [0.1, 0.15) is 43.3 Å². The van der Waals surface area contributed by atoms with Gasteiger partial charge in [-0.3, -0.25) is 19.3 Å². The molecule has 0 bridgehead atoms. The molecule has 190 valence electrons. The minimum Gasteiger partial charge on any atom is -0.497 e. The molecule has 0 unspecified atom stereocenters. The van der Waals surface area contributed by atoms with Crippen LogP contribution in [0.4, 0.5) is 11.4 Å². The van der Waals surface area contributed by atoms with Gasteiger partial charge in [-0.2, -0.15) is 4.37 Å². The summed E-state index contributed by atoms with van der Waals surface area (Å²) in [6, 6.07) is 18.1. The van der Waals surface area contributed by atoms with E-state index < -0.39 is 23.8 Å². The third-order valence-corrected chi connectivity index (χ3v) is 6.40. The summed E-state index contributed by atoms with van der Waals surface area (Å²) in [6.07, 6.45) is 0. The van der Waals surface area contributed by atoms with Gasteiger partial charge in [-0.25, -0.2) is 0 Å². The number of carbonyl (C=O) groups excluding carboxylic acids is 3. The molecule has 3 amide bonds. The molecule has 0 aliphatic carbocycles. The number of amides is 3. The number of hydrogen-bond donors (Lipinski definition) is 3. The average molecular weight is 520 g/mol. The Labute approximate surface area is 217 Å². The van der Waals surface area contributed by atoms with E-state index >= 15 is 0 Å². The lowest BCUT2D eigenvalue weighted by molar-refractivity contribution is -0.123. The van der Waals surface area contributed by atoms with Crippen LogP contribution in [0.5, 0.6) is 5.75 Å². The van der Waals surface area contributed by atoms with Crippen molar-refractivity contribution in [3.63, 3.8) is 0 Å². The van der Waals surface area contributed by atoms with E-state index in [0.29, 0.717) is 17.2 Å². The van der Waals surface area contributed by atoms with Crippen molar-refractivity contribution in [3.8, 4) is 5.75 Å². The van der Waals surface area contributed by atoms with Gasteiger partial charge in [0.05, 0.1) is 12.8 Å². The summed E-state index contributed by atoms with van der Waals surface area (Å²) in [6.45, 7) is 1.96. The molecule has 0 aliphatic heterocycles. The van der Waals surface area contributed by atoms with Crippen molar-refractivity contribution >= 4 is 40.6 Å². The van der Waals surface area contributed by atoms with Crippen LogP contribution in [-0.4, -0.2) is 29.2 Å². The fourth-order valence-electron chi connectivity index (χ4n) is 3.74. The molecule has 2 heterocycles. The Hall–Kier alpha value is -4.64. The van der Waals surface area contributed by atoms with Crippen LogP contribution in [0.2, 0.25) is 0 Å². The number of primary amides is 1. The van der Waals surface area contributed by atoms with E-state index in [1.807, 2.05) is 30.3 Å². The number of aromatic nitrogens is 1. The first-order chi connectivity index (χ1) is 17.8. The molecule has 0 radical (unpaired) electrons. The number of furan rings is 1. The highest BCUT2D eigenvalue weighted by Gasteiger charge is 2.38. The Balaban J connectivity index is 1.82. The van der Waals surface area contributed by atoms with Crippen LogP contribution in [-0.2, 0) is 11.3 Å². The number of rotatable bonds is 9. The van der Waals surface area contributed by atoms with Crippen LogP contribution in [0.3, 0.4) is 0 Å². The van der Waals surface area contributed by atoms with Gasteiger partial charge in [0.15, 0.2) is 11.7 Å². The van der Waals surface area contributed by atoms with Gasteiger partial charge in [0.25, 0.3) is 17.7 Å². The van der Waals surface area contributed by atoms with Crippen LogP contribution < -0.4 is 26.4 Å². The summed E-state index contributed by atoms with van der Waals surface area (Å²) in [5.41, 5.74) is 12.3. The van der Waals surface area contributed by atoms with Gasteiger partial charge < -0.3 is 25.9 Å². The Morgan fingerprint density at radius 2 is 1.86 bits per heavy atom. The van der Waals surface area contributed by atoms with E-state index in [9.17, 15) is 14.4 Å². The molecule has 11 heteroatoms. The van der Waals surface area contributed by atoms with Gasteiger partial charge in [0.2, 0.25) is 0 Å². The summed E-state index contributed by atoms with van der Waals surface area (Å²) in [5, 5.41) is 2.89. The van der Waals surface area contributed by atoms with Crippen molar-refractivity contribution < 1.29 is 23.5 Å². The fourth-order valence-corrected chi connectivity index (χ4v) is 4.48. The van der Waals surface area contributed by atoms with Crippen molar-refractivity contribution in [1.82, 2.24) is 9.69 Å². The van der Waals surface area contributed by atoms with Gasteiger partial charge >= 0.3 is 0 Å². The normalized spacial score (nSPS) is 11.5. The van der Waals surface area contributed by atoms with Crippen molar-refractivity contribution in [3.05, 3.63) is 94.4 Å². The van der Waals surface area contributed by atoms with Gasteiger partial charge in [-0.1, -0.05) is 36.4 Å². The van der Waals surface area contributed by atoms with Crippen molar-refractivity contribution in [2.24, 2.45) is 5.73 Å². The topological polar surface area (TPSA) is 154 Å². The maximum Gasteiger partial charge on any atom is 0.273 e. The molecule has 37 heavy (non-hydrogen) atoms. The number of anilines is 2. The standard InChI is InChI=1S/C26H25N5O5S/c1-15-11-12-19(36-15)22(25(33)29-14-16-7-4-3-5-8-16)31(17-9-6-10-18(13-17)35-2)26(34)23-20(27)21(24(28)32)30-37-23/h3-13,22H,14,27H2,1-2H3,(H2,28,32)(H,29,33)/t22-/m1/s1. The lowest BCUT2D eigenvalue weighted by Crippen LogP contribution is -2.43. The molecule has 5 N–H and O–H groups in total. The van der Waals surface area contributed by atoms with E-state index in [2.05, 4.69) is 9.69 Å². The predicted molar refractivity (Wildman–Crippen MR) is 139 cm³/mol. The van der Waals surface area contributed by atoms with E-state index in [-0.39, 0.29) is 28.6 Å². The van der Waals surface area contributed by atoms with Crippen molar-refractivity contribution in [1.29, 1.82) is 0 Å². The summed E-state index contributed by atoms with van der Waals surface area (Å²) in [7, 11) is 1.49. The van der Waals surface area contributed by atoms with E-state index in [4.69, 9.17) is 20.6 Å². The second-order valence-electron chi connectivity index (χ2n) is 8.07.